The average Bonchev–Trinajstić information content (AvgIpc) is 3.57. The van der Waals surface area contributed by atoms with E-state index in [0.29, 0.717) is 112 Å². The van der Waals surface area contributed by atoms with E-state index in [1.54, 1.807) is 22.1 Å². The van der Waals surface area contributed by atoms with Crippen LogP contribution in [0.1, 0.15) is 31.9 Å². The van der Waals surface area contributed by atoms with Gasteiger partial charge in [-0.25, -0.2) is 0 Å². The Labute approximate surface area is 338 Å². The number of likely N-dealkylation sites (tertiary alicyclic amines) is 1. The van der Waals surface area contributed by atoms with Gasteiger partial charge < -0.3 is 48.7 Å². The van der Waals surface area contributed by atoms with Crippen LogP contribution >= 0.6 is 0 Å². The Morgan fingerprint density at radius 3 is 2.10 bits per heavy atom. The first kappa shape index (κ1) is 46.0. The summed E-state index contributed by atoms with van der Waals surface area (Å²) in [6.45, 7) is 13.2. The van der Waals surface area contributed by atoms with Crippen molar-refractivity contribution in [1.29, 1.82) is 5.26 Å². The van der Waals surface area contributed by atoms with Crippen molar-refractivity contribution in [2.45, 2.75) is 26.2 Å². The zero-order valence-electron chi connectivity index (χ0n) is 30.8. The first-order valence-corrected chi connectivity index (χ1v) is 17.7. The molecule has 2 fully saturated rings. The molecule has 0 saturated carbocycles. The summed E-state index contributed by atoms with van der Waals surface area (Å²) in [5.41, 5.74) is 0.490. The number of nitrogens with one attached hydrogen (secondary N) is 2. The van der Waals surface area contributed by atoms with Gasteiger partial charge in [-0.3, -0.25) is 19.2 Å². The zero-order valence-corrected chi connectivity index (χ0v) is 32.9. The first-order valence-electron chi connectivity index (χ1n) is 17.7. The molecular weight excluding hydrogens is 821 g/mol. The monoisotopic (exact) mass is 877 g/mol. The summed E-state index contributed by atoms with van der Waals surface area (Å²) in [5.74, 6) is -1.14. The quantitative estimate of drug-likeness (QED) is 0.0443. The van der Waals surface area contributed by atoms with Crippen LogP contribution in [0, 0.1) is 61.3 Å². The number of ether oxygens (including phenoxy) is 6. The largest absolute Gasteiger partial charge is 0.528 e. The van der Waals surface area contributed by atoms with Crippen molar-refractivity contribution in [2.24, 2.45) is 18.4 Å². The van der Waals surface area contributed by atoms with E-state index >= 15 is 0 Å². The van der Waals surface area contributed by atoms with Crippen molar-refractivity contribution in [3.05, 3.63) is 29.6 Å². The van der Waals surface area contributed by atoms with Gasteiger partial charge in [-0.15, -0.1) is 0 Å². The first-order chi connectivity index (χ1) is 24.7. The Bertz CT molecular complexity index is 1250. The van der Waals surface area contributed by atoms with Gasteiger partial charge in [0.25, 0.3) is 5.91 Å². The fourth-order valence-electron chi connectivity index (χ4n) is 5.95. The average molecular weight is 878 g/mol. The molecule has 3 rings (SSSR count). The van der Waals surface area contributed by atoms with Crippen LogP contribution in [-0.2, 0) is 49.9 Å². The molecule has 52 heavy (non-hydrogen) atoms. The van der Waals surface area contributed by atoms with Crippen LogP contribution < -0.4 is 10.6 Å². The van der Waals surface area contributed by atoms with Crippen molar-refractivity contribution in [2.75, 3.05) is 125 Å². The van der Waals surface area contributed by atoms with E-state index in [1.807, 2.05) is 33.2 Å². The molecule has 1 aromatic rings. The third-order valence-corrected chi connectivity index (χ3v) is 8.36. The minimum absolute atomic E-state index is 0. The zero-order chi connectivity index (χ0) is 36.7. The molecule has 2 aliphatic rings. The second kappa shape index (κ2) is 26.6. The molecule has 3 amide bonds. The van der Waals surface area contributed by atoms with Gasteiger partial charge in [-0.2, -0.15) is 16.8 Å². The van der Waals surface area contributed by atoms with Gasteiger partial charge in [0.2, 0.25) is 5.91 Å². The fraction of sp³-hybridized carbons (Fsp3) is 0.743. The van der Waals surface area contributed by atoms with E-state index in [-0.39, 0.29) is 68.5 Å². The Morgan fingerprint density at radius 2 is 1.56 bits per heavy atom. The summed E-state index contributed by atoms with van der Waals surface area (Å²) < 4.78 is 34.4. The number of rotatable bonds is 25. The van der Waals surface area contributed by atoms with Crippen LogP contribution in [-0.4, -0.2) is 163 Å². The van der Waals surface area contributed by atoms with Crippen LogP contribution in [0.25, 0.3) is 0 Å². The minimum atomic E-state index is -0.464. The van der Waals surface area contributed by atoms with Gasteiger partial charge in [-0.1, -0.05) is 19.9 Å². The summed E-state index contributed by atoms with van der Waals surface area (Å²) in [7, 11) is 1.84. The maximum Gasteiger partial charge on any atom is 0.264 e. The number of aromatic nitrogens is 2. The van der Waals surface area contributed by atoms with E-state index in [0.717, 1.165) is 18.8 Å². The summed E-state index contributed by atoms with van der Waals surface area (Å²) in [6.07, 6.45) is 5.74. The van der Waals surface area contributed by atoms with E-state index in [2.05, 4.69) is 26.7 Å². The van der Waals surface area contributed by atoms with E-state index in [1.165, 1.54) is 0 Å². The third kappa shape index (κ3) is 18.3. The van der Waals surface area contributed by atoms with Crippen molar-refractivity contribution >= 4 is 18.2 Å². The molecule has 2 N–H and O–H groups in total. The molecular formula is C35H56N7O9Tb-. The van der Waals surface area contributed by atoms with Gasteiger partial charge in [-0.05, 0) is 17.9 Å². The van der Waals surface area contributed by atoms with Gasteiger partial charge >= 0.3 is 0 Å². The fourth-order valence-corrected chi connectivity index (χ4v) is 5.95. The van der Waals surface area contributed by atoms with E-state index in [4.69, 9.17) is 28.4 Å². The second-order valence-electron chi connectivity index (χ2n) is 13.2. The second-order valence-corrected chi connectivity index (χ2v) is 13.2. The van der Waals surface area contributed by atoms with E-state index < -0.39 is 11.3 Å². The molecule has 17 heteroatoms. The summed E-state index contributed by atoms with van der Waals surface area (Å²) in [6, 6.07) is 4.05. The van der Waals surface area contributed by atoms with Crippen molar-refractivity contribution in [3.63, 3.8) is 0 Å². The molecule has 295 valence electrons. The number of carbonyl (C=O) groups is 2. The number of carbonyl (C=O) groups excluding carboxylic acids is 3. The molecule has 0 spiro atoms. The Balaban J connectivity index is 0.00000936. The van der Waals surface area contributed by atoms with Gasteiger partial charge in [0.15, 0.2) is 0 Å². The number of amides is 3. The topological polar surface area (TPSA) is 179 Å². The third-order valence-electron chi connectivity index (χ3n) is 8.36. The molecule has 2 aliphatic heterocycles. The molecule has 2 unspecified atom stereocenters. The summed E-state index contributed by atoms with van der Waals surface area (Å²) in [5, 5.41) is 19.9. The molecule has 1 radical (unpaired) electrons. The van der Waals surface area contributed by atoms with Crippen LogP contribution in [0.2, 0.25) is 0 Å². The molecule has 1 aromatic heterocycles. The summed E-state index contributed by atoms with van der Waals surface area (Å²) in [4.78, 5) is 41.0. The SMILES string of the molecule is Cn1ccc(C2CC(C(=O)NCCOCCOCCOCCOCCOCCN[C-]=O)CN(C(=O)/C(C#N)=C/C(C)(C)CN3CCOCC3)C2)n1.[Tb]. The number of aryl methyl sites for hydroxylation is 1. The Kier molecular flexibility index (Phi) is 23.5. The molecule has 0 aromatic carbocycles. The maximum absolute atomic E-state index is 13.8. The number of nitrogens with zero attached hydrogens (tertiary/aromatic N) is 5. The van der Waals surface area contributed by atoms with Gasteiger partial charge in [0, 0.05) is 104 Å². The van der Waals surface area contributed by atoms with Crippen LogP contribution in [0.3, 0.4) is 0 Å². The van der Waals surface area contributed by atoms with Gasteiger partial charge in [0.1, 0.15) is 11.6 Å². The van der Waals surface area contributed by atoms with E-state index in [9.17, 15) is 19.6 Å². The predicted octanol–water partition coefficient (Wildman–Crippen LogP) is 0.0166. The Hall–Kier alpha value is -2.14. The standard InChI is InChI=1S/C35H56N7O9.Tb/c1-35(2,27-41-8-12-48-13-9-41)23-31(24-36)34(45)42-25-29(32-4-7-40(3)39-32)22-30(26-42)33(44)38-6-11-47-15-17-50-19-21-51-20-18-49-16-14-46-10-5-37-28-43;/h4,7,23,29-30H,5-6,8-22,25-27H2,1-3H3,(H,37,43)(H,38,44);/q-1;/b31-23+;. The number of hydrogen-bond acceptors (Lipinski definition) is 12. The molecule has 2 saturated heterocycles. The molecule has 3 heterocycles. The van der Waals surface area contributed by atoms with Crippen molar-refractivity contribution < 1.29 is 81.4 Å². The minimum Gasteiger partial charge on any atom is -0.528 e. The smallest absolute Gasteiger partial charge is 0.264 e. The van der Waals surface area contributed by atoms with Crippen LogP contribution in [0.5, 0.6) is 0 Å². The number of piperidine rings is 1. The summed E-state index contributed by atoms with van der Waals surface area (Å²) >= 11 is 0. The molecule has 0 aliphatic carbocycles. The number of morpholine rings is 1. The number of hydrogen-bond donors (Lipinski definition) is 2. The predicted molar refractivity (Wildman–Crippen MR) is 186 cm³/mol. The number of nitriles is 1. The molecule has 0 bridgehead atoms. The molecule has 16 nitrogen and oxygen atoms in total. The normalized spacial score (nSPS) is 18.3. The van der Waals surface area contributed by atoms with Gasteiger partial charge in [0.05, 0.1) is 90.9 Å². The van der Waals surface area contributed by atoms with Crippen molar-refractivity contribution in [1.82, 2.24) is 30.2 Å². The maximum atomic E-state index is 13.8. The van der Waals surface area contributed by atoms with Crippen molar-refractivity contribution in [3.8, 4) is 6.07 Å². The van der Waals surface area contributed by atoms with Crippen LogP contribution in [0.15, 0.2) is 23.9 Å². The van der Waals surface area contributed by atoms with Crippen LogP contribution in [0.4, 0.5) is 0 Å². The Morgan fingerprint density at radius 1 is 0.981 bits per heavy atom. The molecule has 2 atom stereocenters.